The number of hydrogen-bond acceptors (Lipinski definition) is 2. The molecule has 0 spiro atoms. The molecule has 0 aromatic rings. The summed E-state index contributed by atoms with van der Waals surface area (Å²) >= 11 is 0. The predicted molar refractivity (Wildman–Crippen MR) is 47.5 cm³/mol. The van der Waals surface area contributed by atoms with Gasteiger partial charge in [-0.1, -0.05) is 11.6 Å². The van der Waals surface area contributed by atoms with Crippen molar-refractivity contribution in [3.63, 3.8) is 0 Å². The van der Waals surface area contributed by atoms with Gasteiger partial charge in [-0.2, -0.15) is 5.26 Å². The van der Waals surface area contributed by atoms with Gasteiger partial charge in [-0.3, -0.25) is 0 Å². The van der Waals surface area contributed by atoms with E-state index in [0.29, 0.717) is 0 Å². The molecule has 66 valence electrons. The van der Waals surface area contributed by atoms with Crippen molar-refractivity contribution < 1.29 is 4.74 Å². The van der Waals surface area contributed by atoms with Crippen LogP contribution < -0.4 is 0 Å². The van der Waals surface area contributed by atoms with Crippen LogP contribution in [0.25, 0.3) is 0 Å². The predicted octanol–water partition coefficient (Wildman–Crippen LogP) is 2.27. The van der Waals surface area contributed by atoms with Crippen LogP contribution in [0.2, 0.25) is 0 Å². The molecule has 0 aromatic carbocycles. The molecular formula is C10H15NO. The van der Waals surface area contributed by atoms with E-state index in [1.54, 1.807) is 0 Å². The second-order valence-corrected chi connectivity index (χ2v) is 3.50. The average Bonchev–Trinajstić information content (AvgIpc) is 2.03. The summed E-state index contributed by atoms with van der Waals surface area (Å²) in [6.07, 6.45) is 4.03. The summed E-state index contributed by atoms with van der Waals surface area (Å²) in [6, 6.07) is 2.30. The van der Waals surface area contributed by atoms with Crippen LogP contribution in [-0.2, 0) is 4.74 Å². The molecule has 2 nitrogen and oxygen atoms in total. The first-order valence-electron chi connectivity index (χ1n) is 4.38. The molecule has 0 aromatic heterocycles. The van der Waals surface area contributed by atoms with Gasteiger partial charge < -0.3 is 4.74 Å². The third-order valence-corrected chi connectivity index (χ3v) is 2.02. The first kappa shape index (κ1) is 9.28. The van der Waals surface area contributed by atoms with Gasteiger partial charge >= 0.3 is 0 Å². The Kier molecular flexibility index (Phi) is 3.31. The maximum atomic E-state index is 8.72. The molecule has 1 saturated heterocycles. The van der Waals surface area contributed by atoms with Gasteiger partial charge in [-0.25, -0.2) is 0 Å². The van der Waals surface area contributed by atoms with Crippen molar-refractivity contribution >= 4 is 0 Å². The Morgan fingerprint density at radius 2 is 2.33 bits per heavy atom. The van der Waals surface area contributed by atoms with E-state index in [1.165, 1.54) is 5.57 Å². The third kappa shape index (κ3) is 2.67. The molecule has 0 bridgehead atoms. The Hall–Kier alpha value is -0.810. The quantitative estimate of drug-likeness (QED) is 0.558. The van der Waals surface area contributed by atoms with E-state index >= 15 is 0 Å². The molecule has 12 heavy (non-hydrogen) atoms. The first-order chi connectivity index (χ1) is 5.72. The van der Waals surface area contributed by atoms with Gasteiger partial charge in [0.25, 0.3) is 0 Å². The van der Waals surface area contributed by atoms with Crippen molar-refractivity contribution in [1.82, 2.24) is 0 Å². The fourth-order valence-corrected chi connectivity index (χ4v) is 1.43. The number of rotatable bonds is 1. The minimum Gasteiger partial charge on any atom is -0.374 e. The third-order valence-electron chi connectivity index (χ3n) is 2.02. The van der Waals surface area contributed by atoms with Crippen molar-refractivity contribution in [2.24, 2.45) is 5.92 Å². The first-order valence-corrected chi connectivity index (χ1v) is 4.38. The zero-order chi connectivity index (χ0) is 8.97. The number of ether oxygens (including phenoxy) is 1. The second kappa shape index (κ2) is 4.27. The van der Waals surface area contributed by atoms with E-state index in [-0.39, 0.29) is 12.0 Å². The number of allylic oxidation sites excluding steroid dienone is 1. The molecule has 1 rings (SSSR count). The minimum absolute atomic E-state index is 0.174. The summed E-state index contributed by atoms with van der Waals surface area (Å²) in [5.74, 6) is 0.194. The largest absolute Gasteiger partial charge is 0.374 e. The highest BCUT2D eigenvalue weighted by atomic mass is 16.5. The van der Waals surface area contributed by atoms with Crippen LogP contribution in [0.3, 0.4) is 0 Å². The van der Waals surface area contributed by atoms with Crippen molar-refractivity contribution in [2.75, 3.05) is 6.61 Å². The smallest absolute Gasteiger partial charge is 0.0770 e. The summed E-state index contributed by atoms with van der Waals surface area (Å²) in [4.78, 5) is 0. The summed E-state index contributed by atoms with van der Waals surface area (Å²) in [7, 11) is 0. The van der Waals surface area contributed by atoms with Crippen LogP contribution in [0.4, 0.5) is 0 Å². The topological polar surface area (TPSA) is 33.0 Å². The second-order valence-electron chi connectivity index (χ2n) is 3.50. The van der Waals surface area contributed by atoms with Crippen LogP contribution >= 0.6 is 0 Å². The zero-order valence-electron chi connectivity index (χ0n) is 7.71. The van der Waals surface area contributed by atoms with Crippen molar-refractivity contribution in [2.45, 2.75) is 32.8 Å². The molecule has 0 radical (unpaired) electrons. The van der Waals surface area contributed by atoms with E-state index < -0.39 is 0 Å². The highest BCUT2D eigenvalue weighted by molar-refractivity contribution is 5.02. The molecule has 1 aliphatic heterocycles. The SMILES string of the molecule is CC(C)=CC1CC(C#N)CCO1. The van der Waals surface area contributed by atoms with Crippen LogP contribution in [0, 0.1) is 17.2 Å². The Labute approximate surface area is 73.8 Å². The van der Waals surface area contributed by atoms with Crippen molar-refractivity contribution in [1.29, 1.82) is 5.26 Å². The van der Waals surface area contributed by atoms with Gasteiger partial charge in [0, 0.05) is 6.61 Å². The van der Waals surface area contributed by atoms with Crippen LogP contribution in [-0.4, -0.2) is 12.7 Å². The summed E-state index contributed by atoms with van der Waals surface area (Å²) < 4.78 is 5.49. The molecule has 1 fully saturated rings. The van der Waals surface area contributed by atoms with E-state index in [0.717, 1.165) is 19.4 Å². The standard InChI is InChI=1S/C10H15NO/c1-8(2)5-10-6-9(7-11)3-4-12-10/h5,9-10H,3-4,6H2,1-2H3. The Morgan fingerprint density at radius 3 is 2.92 bits per heavy atom. The minimum atomic E-state index is 0.174. The van der Waals surface area contributed by atoms with Gasteiger partial charge in [0.15, 0.2) is 0 Å². The van der Waals surface area contributed by atoms with Crippen molar-refractivity contribution in [3.8, 4) is 6.07 Å². The molecule has 2 unspecified atom stereocenters. The molecule has 0 saturated carbocycles. The molecule has 1 aliphatic rings. The lowest BCUT2D eigenvalue weighted by Crippen LogP contribution is -2.23. The molecule has 0 amide bonds. The average molecular weight is 165 g/mol. The fraction of sp³-hybridized carbons (Fsp3) is 0.700. The molecule has 0 N–H and O–H groups in total. The Morgan fingerprint density at radius 1 is 1.58 bits per heavy atom. The lowest BCUT2D eigenvalue weighted by Gasteiger charge is -2.23. The van der Waals surface area contributed by atoms with Crippen LogP contribution in [0.5, 0.6) is 0 Å². The Bertz CT molecular complexity index is 210. The summed E-state index contributed by atoms with van der Waals surface area (Å²) in [5.41, 5.74) is 1.26. The zero-order valence-corrected chi connectivity index (χ0v) is 7.71. The highest BCUT2D eigenvalue weighted by Gasteiger charge is 2.20. The normalized spacial score (nSPS) is 29.1. The number of nitrogens with zero attached hydrogens (tertiary/aromatic N) is 1. The molecule has 0 aliphatic carbocycles. The lowest BCUT2D eigenvalue weighted by atomic mass is 9.96. The fourth-order valence-electron chi connectivity index (χ4n) is 1.43. The van der Waals surface area contributed by atoms with Gasteiger partial charge in [-0.15, -0.1) is 0 Å². The van der Waals surface area contributed by atoms with Gasteiger partial charge in [0.2, 0.25) is 0 Å². The molecule has 2 atom stereocenters. The number of nitriles is 1. The van der Waals surface area contributed by atoms with E-state index in [9.17, 15) is 0 Å². The summed E-state index contributed by atoms with van der Waals surface area (Å²) in [5, 5.41) is 8.72. The molecular weight excluding hydrogens is 150 g/mol. The maximum Gasteiger partial charge on any atom is 0.0770 e. The Balaban J connectivity index is 2.47. The number of hydrogen-bond donors (Lipinski definition) is 0. The van der Waals surface area contributed by atoms with E-state index in [1.807, 2.05) is 0 Å². The maximum absolute atomic E-state index is 8.72. The molecule has 1 heterocycles. The summed E-state index contributed by atoms with van der Waals surface area (Å²) in [6.45, 7) is 4.84. The monoisotopic (exact) mass is 165 g/mol. The van der Waals surface area contributed by atoms with E-state index in [2.05, 4.69) is 26.0 Å². The van der Waals surface area contributed by atoms with Crippen molar-refractivity contribution in [3.05, 3.63) is 11.6 Å². The van der Waals surface area contributed by atoms with Gasteiger partial charge in [0.1, 0.15) is 0 Å². The molecule has 2 heteroatoms. The van der Waals surface area contributed by atoms with E-state index in [4.69, 9.17) is 10.00 Å². The highest BCUT2D eigenvalue weighted by Crippen LogP contribution is 2.20. The van der Waals surface area contributed by atoms with Crippen LogP contribution in [0.15, 0.2) is 11.6 Å². The van der Waals surface area contributed by atoms with Gasteiger partial charge in [-0.05, 0) is 26.7 Å². The lowest BCUT2D eigenvalue weighted by molar-refractivity contribution is 0.0311. The van der Waals surface area contributed by atoms with Gasteiger partial charge in [0.05, 0.1) is 18.1 Å². The van der Waals surface area contributed by atoms with Crippen LogP contribution in [0.1, 0.15) is 26.7 Å².